The van der Waals surface area contributed by atoms with Crippen LogP contribution in [0.1, 0.15) is 187 Å². The van der Waals surface area contributed by atoms with E-state index >= 15 is 0 Å². The van der Waals surface area contributed by atoms with Gasteiger partial charge in [0.2, 0.25) is 5.91 Å². The fraction of sp³-hybridized carbons (Fsp3) is 0.886. The number of hydrogen-bond acceptors (Lipinski definition) is 11. The molecule has 0 saturated heterocycles. The number of hydrogen-bond donors (Lipinski definition) is 9. The second-order valence-electron chi connectivity index (χ2n) is 16.4. The second-order valence-corrected chi connectivity index (χ2v) is 17.8. The van der Waals surface area contributed by atoms with Gasteiger partial charge in [0.1, 0.15) is 36.6 Å². The lowest BCUT2D eigenvalue weighted by Crippen LogP contribution is -2.64. The molecule has 1 amide bonds. The predicted octanol–water partition coefficient (Wildman–Crippen LogP) is 7.20. The molecule has 0 aliphatic heterocycles. The molecule has 1 aliphatic rings. The standard InChI is InChI=1S/C44H84NO12P/c1-3-5-7-9-11-13-15-17-18-20-21-23-25-27-29-31-35(46)33-38(48)45-36(37(47)32-30-28-26-24-22-19-16-14-12-10-8-6-4-2)34-56-58(54,55)57-44-42(52)40(50)39(49)41(51)43(44)53/h22,24,30,32,35-37,39-44,46-47,49-53H,3-21,23,25-29,31,33-34H2,1-2H3,(H,45,48)(H,54,55)/b24-22+,32-30+. The van der Waals surface area contributed by atoms with E-state index < -0.39 is 75.2 Å². The van der Waals surface area contributed by atoms with Crippen LogP contribution in [0.5, 0.6) is 0 Å². The van der Waals surface area contributed by atoms with Gasteiger partial charge < -0.3 is 46.0 Å². The number of carbonyl (C=O) groups is 1. The molecule has 0 radical (unpaired) electrons. The Bertz CT molecular complexity index is 1100. The van der Waals surface area contributed by atoms with Gasteiger partial charge in [0.15, 0.2) is 0 Å². The maximum atomic E-state index is 13.0. The molecule has 14 heteroatoms. The third-order valence-electron chi connectivity index (χ3n) is 11.0. The Kier molecular flexibility index (Phi) is 32.5. The number of amides is 1. The van der Waals surface area contributed by atoms with Crippen LogP contribution in [0, 0.1) is 0 Å². The molecule has 0 aromatic heterocycles. The Balaban J connectivity index is 2.57. The molecule has 1 rings (SSSR count). The highest BCUT2D eigenvalue weighted by Gasteiger charge is 2.51. The van der Waals surface area contributed by atoms with E-state index in [4.69, 9.17) is 9.05 Å². The molecule has 0 heterocycles. The van der Waals surface area contributed by atoms with Gasteiger partial charge in [-0.05, 0) is 32.1 Å². The van der Waals surface area contributed by atoms with E-state index in [1.807, 2.05) is 0 Å². The molecule has 0 aromatic rings. The van der Waals surface area contributed by atoms with Crippen LogP contribution < -0.4 is 5.32 Å². The summed E-state index contributed by atoms with van der Waals surface area (Å²) < 4.78 is 22.8. The number of unbranched alkanes of at least 4 members (excludes halogenated alkanes) is 22. The minimum absolute atomic E-state index is 0.249. The lowest BCUT2D eigenvalue weighted by atomic mass is 9.85. The number of aliphatic hydroxyl groups excluding tert-OH is 7. The van der Waals surface area contributed by atoms with Crippen LogP contribution in [0.2, 0.25) is 0 Å². The summed E-state index contributed by atoms with van der Waals surface area (Å²) in [5, 5.41) is 74.3. The van der Waals surface area contributed by atoms with Crippen molar-refractivity contribution in [3.8, 4) is 0 Å². The summed E-state index contributed by atoms with van der Waals surface area (Å²) in [5.74, 6) is -0.602. The van der Waals surface area contributed by atoms with Crippen LogP contribution in [0.3, 0.4) is 0 Å². The third kappa shape index (κ3) is 26.2. The van der Waals surface area contributed by atoms with E-state index in [-0.39, 0.29) is 6.42 Å². The van der Waals surface area contributed by atoms with Gasteiger partial charge in [0.05, 0.1) is 31.3 Å². The van der Waals surface area contributed by atoms with Gasteiger partial charge in [-0.2, -0.15) is 0 Å². The maximum Gasteiger partial charge on any atom is 0.472 e. The molecule has 8 unspecified atom stereocenters. The van der Waals surface area contributed by atoms with Crippen LogP contribution in [-0.2, 0) is 18.4 Å². The molecule has 0 aromatic carbocycles. The van der Waals surface area contributed by atoms with E-state index in [1.165, 1.54) is 115 Å². The molecule has 58 heavy (non-hydrogen) atoms. The van der Waals surface area contributed by atoms with Gasteiger partial charge in [-0.25, -0.2) is 4.57 Å². The van der Waals surface area contributed by atoms with E-state index in [1.54, 1.807) is 6.08 Å². The van der Waals surface area contributed by atoms with E-state index in [0.717, 1.165) is 44.9 Å². The normalized spacial score (nSPS) is 24.0. The molecule has 9 N–H and O–H groups in total. The zero-order chi connectivity index (χ0) is 43.0. The topological polar surface area (TPSA) is 226 Å². The number of nitrogens with one attached hydrogen (secondary N) is 1. The van der Waals surface area contributed by atoms with Crippen LogP contribution >= 0.6 is 7.82 Å². The van der Waals surface area contributed by atoms with Crippen molar-refractivity contribution >= 4 is 13.7 Å². The van der Waals surface area contributed by atoms with Gasteiger partial charge in [-0.3, -0.25) is 13.8 Å². The zero-order valence-electron chi connectivity index (χ0n) is 36.0. The van der Waals surface area contributed by atoms with Crippen LogP contribution in [0.15, 0.2) is 24.3 Å². The Morgan fingerprint density at radius 1 is 0.603 bits per heavy atom. The Hall–Kier alpha value is -1.22. The molecule has 1 fully saturated rings. The highest BCUT2D eigenvalue weighted by molar-refractivity contribution is 7.47. The van der Waals surface area contributed by atoms with Gasteiger partial charge in [-0.15, -0.1) is 0 Å². The lowest BCUT2D eigenvalue weighted by molar-refractivity contribution is -0.220. The zero-order valence-corrected chi connectivity index (χ0v) is 36.9. The smallest absolute Gasteiger partial charge is 0.393 e. The number of rotatable bonds is 37. The van der Waals surface area contributed by atoms with Crippen molar-refractivity contribution in [2.45, 2.75) is 242 Å². The van der Waals surface area contributed by atoms with Crippen LogP contribution in [0.4, 0.5) is 0 Å². The van der Waals surface area contributed by atoms with Gasteiger partial charge in [0.25, 0.3) is 0 Å². The highest BCUT2D eigenvalue weighted by Crippen LogP contribution is 2.47. The maximum absolute atomic E-state index is 13.0. The predicted molar refractivity (Wildman–Crippen MR) is 229 cm³/mol. The second kappa shape index (κ2) is 34.4. The van der Waals surface area contributed by atoms with E-state index in [0.29, 0.717) is 12.8 Å². The first-order chi connectivity index (χ1) is 27.8. The lowest BCUT2D eigenvalue weighted by Gasteiger charge is -2.41. The van der Waals surface area contributed by atoms with Crippen LogP contribution in [-0.4, -0.2) is 108 Å². The van der Waals surface area contributed by atoms with Gasteiger partial charge in [0, 0.05) is 0 Å². The number of phosphoric ester groups is 1. The molecule has 1 aliphatic carbocycles. The number of phosphoric acid groups is 1. The van der Waals surface area contributed by atoms with Crippen molar-refractivity contribution in [2.75, 3.05) is 6.61 Å². The fourth-order valence-electron chi connectivity index (χ4n) is 7.26. The summed E-state index contributed by atoms with van der Waals surface area (Å²) in [7, 11) is -5.14. The van der Waals surface area contributed by atoms with Crippen molar-refractivity contribution in [3.63, 3.8) is 0 Å². The number of carbonyl (C=O) groups excluding carboxylic acids is 1. The molecular formula is C44H84NO12P. The van der Waals surface area contributed by atoms with E-state index in [9.17, 15) is 50.0 Å². The van der Waals surface area contributed by atoms with Crippen LogP contribution in [0.25, 0.3) is 0 Å². The summed E-state index contributed by atoms with van der Waals surface area (Å²) in [4.78, 5) is 23.4. The first-order valence-corrected chi connectivity index (χ1v) is 24.4. The molecule has 0 bridgehead atoms. The Morgan fingerprint density at radius 3 is 1.52 bits per heavy atom. The minimum Gasteiger partial charge on any atom is -0.393 e. The summed E-state index contributed by atoms with van der Waals surface area (Å²) in [6.45, 7) is 3.71. The number of aliphatic hydroxyl groups is 7. The molecule has 342 valence electrons. The largest absolute Gasteiger partial charge is 0.472 e. The number of allylic oxidation sites excluding steroid dienone is 3. The summed E-state index contributed by atoms with van der Waals surface area (Å²) >= 11 is 0. The van der Waals surface area contributed by atoms with Crippen molar-refractivity contribution in [1.29, 1.82) is 0 Å². The highest BCUT2D eigenvalue weighted by atomic mass is 31.2. The quantitative estimate of drug-likeness (QED) is 0.0172. The monoisotopic (exact) mass is 850 g/mol. The van der Waals surface area contributed by atoms with Crippen molar-refractivity contribution in [2.24, 2.45) is 0 Å². The Labute approximate surface area is 350 Å². The van der Waals surface area contributed by atoms with Gasteiger partial charge in [-0.1, -0.05) is 173 Å². The molecule has 8 atom stereocenters. The SMILES string of the molecule is CCCCCCCCC/C=C/CC/C=C/C(O)C(COP(=O)(O)OC1C(O)C(O)C(O)C(O)C1O)NC(=O)CC(O)CCCCCCCCCCCCCCCCC. The van der Waals surface area contributed by atoms with Crippen molar-refractivity contribution in [3.05, 3.63) is 24.3 Å². The molecule has 13 nitrogen and oxygen atoms in total. The first kappa shape index (κ1) is 54.8. The van der Waals surface area contributed by atoms with E-state index in [2.05, 4.69) is 31.3 Å². The fourth-order valence-corrected chi connectivity index (χ4v) is 8.22. The molecular weight excluding hydrogens is 765 g/mol. The summed E-state index contributed by atoms with van der Waals surface area (Å²) in [5.41, 5.74) is 0. The molecule has 1 saturated carbocycles. The average Bonchev–Trinajstić information content (AvgIpc) is 3.19. The van der Waals surface area contributed by atoms with Crippen molar-refractivity contribution < 1.29 is 59.0 Å². The first-order valence-electron chi connectivity index (χ1n) is 22.9. The minimum atomic E-state index is -5.14. The third-order valence-corrected chi connectivity index (χ3v) is 12.0. The molecule has 0 spiro atoms. The van der Waals surface area contributed by atoms with Crippen molar-refractivity contribution in [1.82, 2.24) is 5.32 Å². The summed E-state index contributed by atoms with van der Waals surface area (Å²) in [6.07, 6.45) is 22.7. The Morgan fingerprint density at radius 2 is 1.02 bits per heavy atom. The average molecular weight is 850 g/mol. The summed E-state index contributed by atoms with van der Waals surface area (Å²) in [6, 6.07) is -1.25. The van der Waals surface area contributed by atoms with Gasteiger partial charge >= 0.3 is 7.82 Å².